The van der Waals surface area contributed by atoms with Gasteiger partial charge in [-0.05, 0) is 6.08 Å². The van der Waals surface area contributed by atoms with Crippen molar-refractivity contribution in [3.8, 4) is 11.8 Å². The molecule has 0 fully saturated rings. The quantitative estimate of drug-likeness (QED) is 0.870. The number of aromatic nitrogens is 2. The van der Waals surface area contributed by atoms with Crippen LogP contribution in [0.25, 0.3) is 6.08 Å². The predicted octanol–water partition coefficient (Wildman–Crippen LogP) is 2.64. The Morgan fingerprint density at radius 2 is 1.75 bits per heavy atom. The molecule has 2 rings (SSSR count). The van der Waals surface area contributed by atoms with Gasteiger partial charge in [0.1, 0.15) is 17.4 Å². The summed E-state index contributed by atoms with van der Waals surface area (Å²) < 4.78 is 31.0. The first-order chi connectivity index (χ1) is 9.52. The molecular formula is C13H8F2N2O3. The minimum atomic E-state index is -1.10. The smallest absolute Gasteiger partial charge is 0.328 e. The van der Waals surface area contributed by atoms with Crippen LogP contribution in [0, 0.1) is 11.6 Å². The van der Waals surface area contributed by atoms with Crippen LogP contribution in [0.2, 0.25) is 0 Å². The molecule has 0 aliphatic heterocycles. The number of ether oxygens (including phenoxy) is 1. The number of carbonyl (C=O) groups is 1. The van der Waals surface area contributed by atoms with Crippen LogP contribution < -0.4 is 4.74 Å². The zero-order valence-corrected chi connectivity index (χ0v) is 9.96. The largest absolute Gasteiger partial charge is 0.478 e. The molecule has 0 aliphatic rings. The second kappa shape index (κ2) is 5.87. The lowest BCUT2D eigenvalue weighted by Crippen LogP contribution is -1.93. The fraction of sp³-hybridized carbons (Fsp3) is 0. The fourth-order valence-corrected chi connectivity index (χ4v) is 1.33. The van der Waals surface area contributed by atoms with Crippen LogP contribution >= 0.6 is 0 Å². The Labute approximate surface area is 112 Å². The maximum Gasteiger partial charge on any atom is 0.328 e. The molecule has 0 saturated heterocycles. The van der Waals surface area contributed by atoms with Gasteiger partial charge in [-0.2, -0.15) is 0 Å². The molecule has 1 aromatic heterocycles. The number of carboxylic acids is 1. The molecule has 0 radical (unpaired) electrons. The third-order valence-corrected chi connectivity index (χ3v) is 2.11. The average molecular weight is 278 g/mol. The number of hydrogen-bond donors (Lipinski definition) is 1. The number of halogens is 2. The van der Waals surface area contributed by atoms with Gasteiger partial charge in [0, 0.05) is 42.2 Å². The van der Waals surface area contributed by atoms with Crippen molar-refractivity contribution in [2.24, 2.45) is 0 Å². The Bertz CT molecular complexity index is 637. The Balaban J connectivity index is 2.12. The van der Waals surface area contributed by atoms with Crippen LogP contribution in [-0.2, 0) is 4.79 Å². The van der Waals surface area contributed by atoms with Crippen molar-refractivity contribution in [3.05, 3.63) is 53.9 Å². The first kappa shape index (κ1) is 13.6. The van der Waals surface area contributed by atoms with E-state index in [-0.39, 0.29) is 11.8 Å². The molecule has 5 nitrogen and oxygen atoms in total. The topological polar surface area (TPSA) is 72.3 Å². The van der Waals surface area contributed by atoms with Crippen LogP contribution in [0.5, 0.6) is 11.8 Å². The number of carboxylic acid groups (broad SMARTS) is 1. The summed E-state index contributed by atoms with van der Waals surface area (Å²) in [6, 6.07) is 2.59. The molecule has 0 atom stereocenters. The van der Waals surface area contributed by atoms with Gasteiger partial charge in [0.2, 0.25) is 0 Å². The first-order valence-corrected chi connectivity index (χ1v) is 5.40. The number of rotatable bonds is 4. The lowest BCUT2D eigenvalue weighted by atomic mass is 10.3. The lowest BCUT2D eigenvalue weighted by Gasteiger charge is -2.03. The number of benzene rings is 1. The summed E-state index contributed by atoms with van der Waals surface area (Å²) >= 11 is 0. The van der Waals surface area contributed by atoms with E-state index in [1.165, 1.54) is 18.5 Å². The maximum absolute atomic E-state index is 12.9. The Morgan fingerprint density at radius 1 is 1.15 bits per heavy atom. The van der Waals surface area contributed by atoms with Gasteiger partial charge in [-0.1, -0.05) is 0 Å². The highest BCUT2D eigenvalue weighted by Gasteiger charge is 2.04. The summed E-state index contributed by atoms with van der Waals surface area (Å²) in [5, 5.41) is 8.45. The number of nitrogens with zero attached hydrogens (tertiary/aromatic N) is 2. The molecule has 0 spiro atoms. The van der Waals surface area contributed by atoms with Gasteiger partial charge < -0.3 is 9.84 Å². The average Bonchev–Trinajstić information content (AvgIpc) is 2.36. The van der Waals surface area contributed by atoms with Crippen molar-refractivity contribution >= 4 is 12.0 Å². The standard InChI is InChI=1S/C13H8F2N2O3/c14-9-3-10(15)5-11(4-9)20-13-16-6-8(7-17-13)1-2-12(18)19/h1-7H,(H,18,19)/b2-1+. The van der Waals surface area contributed by atoms with Crippen LogP contribution in [-0.4, -0.2) is 21.0 Å². The van der Waals surface area contributed by atoms with Crippen LogP contribution in [0.3, 0.4) is 0 Å². The van der Waals surface area contributed by atoms with E-state index in [2.05, 4.69) is 9.97 Å². The third kappa shape index (κ3) is 3.84. The molecule has 20 heavy (non-hydrogen) atoms. The summed E-state index contributed by atoms with van der Waals surface area (Å²) in [7, 11) is 0. The fourth-order valence-electron chi connectivity index (χ4n) is 1.33. The van der Waals surface area contributed by atoms with Gasteiger partial charge in [-0.25, -0.2) is 23.5 Å². The van der Waals surface area contributed by atoms with Crippen molar-refractivity contribution in [1.29, 1.82) is 0 Å². The normalized spacial score (nSPS) is 10.7. The van der Waals surface area contributed by atoms with Gasteiger partial charge in [-0.3, -0.25) is 0 Å². The van der Waals surface area contributed by atoms with E-state index in [0.717, 1.165) is 18.2 Å². The van der Waals surface area contributed by atoms with E-state index in [0.29, 0.717) is 11.6 Å². The van der Waals surface area contributed by atoms with Gasteiger partial charge >= 0.3 is 12.0 Å². The van der Waals surface area contributed by atoms with E-state index in [9.17, 15) is 13.6 Å². The molecule has 1 aromatic carbocycles. The summed E-state index contributed by atoms with van der Waals surface area (Å²) in [5.41, 5.74) is 0.449. The molecule has 0 unspecified atom stereocenters. The lowest BCUT2D eigenvalue weighted by molar-refractivity contribution is -0.131. The summed E-state index contributed by atoms with van der Waals surface area (Å²) in [6.07, 6.45) is 4.87. The van der Waals surface area contributed by atoms with Crippen molar-refractivity contribution in [2.75, 3.05) is 0 Å². The zero-order chi connectivity index (χ0) is 14.5. The Hall–Kier alpha value is -2.83. The van der Waals surface area contributed by atoms with Crippen LogP contribution in [0.4, 0.5) is 8.78 Å². The van der Waals surface area contributed by atoms with Gasteiger partial charge in [0.15, 0.2) is 0 Å². The SMILES string of the molecule is O=C(O)/C=C/c1cnc(Oc2cc(F)cc(F)c2)nc1. The summed E-state index contributed by atoms with van der Waals surface area (Å²) in [6.45, 7) is 0. The molecule has 0 amide bonds. The van der Waals surface area contributed by atoms with Gasteiger partial charge in [0.25, 0.3) is 0 Å². The van der Waals surface area contributed by atoms with Crippen molar-refractivity contribution in [3.63, 3.8) is 0 Å². The summed E-state index contributed by atoms with van der Waals surface area (Å²) in [5.74, 6) is -2.72. The number of aliphatic carboxylic acids is 1. The van der Waals surface area contributed by atoms with Crippen LogP contribution in [0.15, 0.2) is 36.7 Å². The molecule has 7 heteroatoms. The summed E-state index contributed by atoms with van der Waals surface area (Å²) in [4.78, 5) is 17.9. The van der Waals surface area contributed by atoms with Crippen molar-refractivity contribution < 1.29 is 23.4 Å². The van der Waals surface area contributed by atoms with Gasteiger partial charge in [0.05, 0.1) is 0 Å². The van der Waals surface area contributed by atoms with E-state index < -0.39 is 17.6 Å². The zero-order valence-electron chi connectivity index (χ0n) is 9.96. The van der Waals surface area contributed by atoms with E-state index in [1.807, 2.05) is 0 Å². The Morgan fingerprint density at radius 3 is 2.30 bits per heavy atom. The van der Waals surface area contributed by atoms with E-state index in [4.69, 9.17) is 9.84 Å². The molecular weight excluding hydrogens is 270 g/mol. The molecule has 1 heterocycles. The minimum Gasteiger partial charge on any atom is -0.478 e. The van der Waals surface area contributed by atoms with E-state index >= 15 is 0 Å². The predicted molar refractivity (Wildman–Crippen MR) is 65.1 cm³/mol. The highest BCUT2D eigenvalue weighted by Crippen LogP contribution is 2.20. The maximum atomic E-state index is 12.9. The highest BCUT2D eigenvalue weighted by molar-refractivity contribution is 5.85. The van der Waals surface area contributed by atoms with Gasteiger partial charge in [-0.15, -0.1) is 0 Å². The van der Waals surface area contributed by atoms with Crippen molar-refractivity contribution in [1.82, 2.24) is 9.97 Å². The Kier molecular flexibility index (Phi) is 3.99. The minimum absolute atomic E-state index is 0.0728. The van der Waals surface area contributed by atoms with Crippen molar-refractivity contribution in [2.45, 2.75) is 0 Å². The van der Waals surface area contributed by atoms with Crippen LogP contribution in [0.1, 0.15) is 5.56 Å². The second-order valence-electron chi connectivity index (χ2n) is 3.68. The molecule has 0 bridgehead atoms. The first-order valence-electron chi connectivity index (χ1n) is 5.40. The highest BCUT2D eigenvalue weighted by atomic mass is 19.1. The monoisotopic (exact) mass is 278 g/mol. The molecule has 2 aromatic rings. The molecule has 102 valence electrons. The molecule has 0 saturated carbocycles. The molecule has 1 N–H and O–H groups in total. The van der Waals surface area contributed by atoms with E-state index in [1.54, 1.807) is 0 Å². The third-order valence-electron chi connectivity index (χ3n) is 2.11. The number of hydrogen-bond acceptors (Lipinski definition) is 4. The molecule has 0 aliphatic carbocycles. The second-order valence-corrected chi connectivity index (χ2v) is 3.68.